The van der Waals surface area contributed by atoms with Crippen LogP contribution < -0.4 is 0 Å². The first-order valence-corrected chi connectivity index (χ1v) is 5.31. The van der Waals surface area contributed by atoms with Gasteiger partial charge in [0.15, 0.2) is 0 Å². The molecule has 0 radical (unpaired) electrons. The maximum Gasteiger partial charge on any atom is 0.106 e. The zero-order valence-corrected chi connectivity index (χ0v) is 8.99. The summed E-state index contributed by atoms with van der Waals surface area (Å²) in [6, 6.07) is 0. The molecule has 5 unspecified atom stereocenters. The summed E-state index contributed by atoms with van der Waals surface area (Å²) in [6.07, 6.45) is 10.1. The number of hydrogen-bond donors (Lipinski definition) is 0. The summed E-state index contributed by atoms with van der Waals surface area (Å²) in [5.74, 6) is 4.38. The molecule has 2 N–H and O–H groups in total. The minimum Gasteiger partial charge on any atom is -0.446 e. The molecule has 14 heavy (non-hydrogen) atoms. The van der Waals surface area contributed by atoms with Crippen LogP contribution in [0.5, 0.6) is 0 Å². The zero-order valence-electron chi connectivity index (χ0n) is 8.99. The lowest BCUT2D eigenvalue weighted by molar-refractivity contribution is 0.119. The van der Waals surface area contributed by atoms with E-state index in [9.17, 15) is 0 Å². The van der Waals surface area contributed by atoms with Crippen LogP contribution in [-0.2, 0) is 4.74 Å². The highest BCUT2D eigenvalue weighted by molar-refractivity contribution is 4.97. The molecular weight excluding hydrogens is 176 g/mol. The van der Waals surface area contributed by atoms with E-state index in [1.54, 1.807) is 0 Å². The van der Waals surface area contributed by atoms with Crippen molar-refractivity contribution in [2.24, 2.45) is 29.6 Å². The van der Waals surface area contributed by atoms with Gasteiger partial charge in [-0.25, -0.2) is 0 Å². The SMILES string of the molecule is C#COCC1CC2CC1C(C)C2C.O. The molecule has 2 rings (SSSR count). The van der Waals surface area contributed by atoms with Crippen molar-refractivity contribution >= 4 is 0 Å². The molecule has 0 amide bonds. The highest BCUT2D eigenvalue weighted by Gasteiger charge is 2.48. The highest BCUT2D eigenvalue weighted by Crippen LogP contribution is 2.54. The molecule has 2 fully saturated rings. The average Bonchev–Trinajstić information content (AvgIpc) is 2.64. The van der Waals surface area contributed by atoms with Crippen molar-refractivity contribution in [3.05, 3.63) is 0 Å². The first kappa shape index (κ1) is 11.4. The number of rotatable bonds is 2. The van der Waals surface area contributed by atoms with E-state index in [0.29, 0.717) is 0 Å². The van der Waals surface area contributed by atoms with Crippen molar-refractivity contribution in [3.8, 4) is 12.5 Å². The van der Waals surface area contributed by atoms with Crippen LogP contribution in [-0.4, -0.2) is 12.1 Å². The molecule has 2 aliphatic carbocycles. The molecule has 0 aliphatic heterocycles. The van der Waals surface area contributed by atoms with Crippen LogP contribution in [0.3, 0.4) is 0 Å². The Labute approximate surface area is 86.3 Å². The lowest BCUT2D eigenvalue weighted by Crippen LogP contribution is -2.26. The molecule has 0 spiro atoms. The van der Waals surface area contributed by atoms with E-state index in [4.69, 9.17) is 11.2 Å². The van der Waals surface area contributed by atoms with Crippen LogP contribution in [0.4, 0.5) is 0 Å². The third kappa shape index (κ3) is 1.62. The highest BCUT2D eigenvalue weighted by atomic mass is 16.5. The van der Waals surface area contributed by atoms with Crippen LogP contribution in [0.15, 0.2) is 0 Å². The van der Waals surface area contributed by atoms with Gasteiger partial charge in [-0.3, -0.25) is 0 Å². The Kier molecular flexibility index (Phi) is 3.44. The Balaban J connectivity index is 0.000000980. The summed E-state index contributed by atoms with van der Waals surface area (Å²) >= 11 is 0. The molecular formula is C12H20O2. The number of fused-ring (bicyclic) bond motifs is 2. The Hall–Kier alpha value is -0.680. The normalized spacial score (nSPS) is 44.2. The topological polar surface area (TPSA) is 40.7 Å². The van der Waals surface area contributed by atoms with Gasteiger partial charge in [0.2, 0.25) is 0 Å². The smallest absolute Gasteiger partial charge is 0.106 e. The van der Waals surface area contributed by atoms with E-state index < -0.39 is 0 Å². The predicted molar refractivity (Wildman–Crippen MR) is 56.4 cm³/mol. The molecule has 0 heterocycles. The van der Waals surface area contributed by atoms with Crippen LogP contribution in [0, 0.1) is 42.1 Å². The van der Waals surface area contributed by atoms with Crippen LogP contribution >= 0.6 is 0 Å². The maximum absolute atomic E-state index is 5.09. The van der Waals surface area contributed by atoms with Gasteiger partial charge in [0.1, 0.15) is 12.7 Å². The molecule has 2 aliphatic rings. The molecule has 5 atom stereocenters. The van der Waals surface area contributed by atoms with Gasteiger partial charge in [-0.2, -0.15) is 0 Å². The van der Waals surface area contributed by atoms with Crippen LogP contribution in [0.25, 0.3) is 0 Å². The summed E-state index contributed by atoms with van der Waals surface area (Å²) in [7, 11) is 0. The minimum atomic E-state index is 0. The van der Waals surface area contributed by atoms with Gasteiger partial charge in [0.25, 0.3) is 0 Å². The average molecular weight is 196 g/mol. The zero-order chi connectivity index (χ0) is 9.42. The molecule has 0 aromatic rings. The molecule has 2 nitrogen and oxygen atoms in total. The predicted octanol–water partition coefficient (Wildman–Crippen LogP) is 1.70. The standard InChI is InChI=1S/C12H18O.H2O/c1-4-13-7-11-5-10-6-12(11)9(3)8(10)2;/h1,8-12H,5-7H2,2-3H3;1H2. The number of terminal acetylenes is 1. The fourth-order valence-electron chi connectivity index (χ4n) is 3.44. The van der Waals surface area contributed by atoms with Crippen molar-refractivity contribution in [1.29, 1.82) is 0 Å². The maximum atomic E-state index is 5.09. The van der Waals surface area contributed by atoms with Gasteiger partial charge in [-0.05, 0) is 42.4 Å². The molecule has 0 aromatic carbocycles. The van der Waals surface area contributed by atoms with E-state index in [1.807, 2.05) is 0 Å². The van der Waals surface area contributed by atoms with E-state index >= 15 is 0 Å². The van der Waals surface area contributed by atoms with E-state index in [0.717, 1.165) is 36.2 Å². The summed E-state index contributed by atoms with van der Waals surface area (Å²) in [4.78, 5) is 0. The Morgan fingerprint density at radius 1 is 1.29 bits per heavy atom. The quantitative estimate of drug-likeness (QED) is 0.620. The second-order valence-electron chi connectivity index (χ2n) is 4.80. The first-order valence-electron chi connectivity index (χ1n) is 5.31. The number of ether oxygens (including phenoxy) is 1. The van der Waals surface area contributed by atoms with Gasteiger partial charge in [0, 0.05) is 0 Å². The second-order valence-corrected chi connectivity index (χ2v) is 4.80. The van der Waals surface area contributed by atoms with Crippen molar-refractivity contribution in [2.45, 2.75) is 26.7 Å². The van der Waals surface area contributed by atoms with Crippen LogP contribution in [0.2, 0.25) is 0 Å². The van der Waals surface area contributed by atoms with Crippen LogP contribution in [0.1, 0.15) is 26.7 Å². The van der Waals surface area contributed by atoms with Crippen molar-refractivity contribution in [3.63, 3.8) is 0 Å². The van der Waals surface area contributed by atoms with Gasteiger partial charge in [-0.15, -0.1) is 0 Å². The Morgan fingerprint density at radius 3 is 2.50 bits per heavy atom. The molecule has 2 heteroatoms. The fourth-order valence-corrected chi connectivity index (χ4v) is 3.44. The second kappa shape index (κ2) is 4.23. The lowest BCUT2D eigenvalue weighted by atomic mass is 9.76. The summed E-state index contributed by atoms with van der Waals surface area (Å²) in [5.41, 5.74) is 0. The van der Waals surface area contributed by atoms with Gasteiger partial charge < -0.3 is 10.2 Å². The van der Waals surface area contributed by atoms with Crippen molar-refractivity contribution in [2.75, 3.05) is 6.61 Å². The number of hydrogen-bond acceptors (Lipinski definition) is 1. The van der Waals surface area contributed by atoms with E-state index in [-0.39, 0.29) is 5.48 Å². The summed E-state index contributed by atoms with van der Waals surface area (Å²) in [5, 5.41) is 0. The third-order valence-corrected chi connectivity index (χ3v) is 4.41. The van der Waals surface area contributed by atoms with Gasteiger partial charge in [-0.1, -0.05) is 20.3 Å². The molecule has 0 saturated heterocycles. The molecule has 2 saturated carbocycles. The molecule has 0 aromatic heterocycles. The van der Waals surface area contributed by atoms with Crippen molar-refractivity contribution < 1.29 is 10.2 Å². The fraction of sp³-hybridized carbons (Fsp3) is 0.833. The first-order chi connectivity index (χ1) is 6.24. The van der Waals surface area contributed by atoms with E-state index in [1.165, 1.54) is 12.8 Å². The largest absolute Gasteiger partial charge is 0.446 e. The van der Waals surface area contributed by atoms with Gasteiger partial charge >= 0.3 is 0 Å². The lowest BCUT2D eigenvalue weighted by Gasteiger charge is -2.30. The summed E-state index contributed by atoms with van der Waals surface area (Å²) < 4.78 is 5.08. The molecule has 2 bridgehead atoms. The van der Waals surface area contributed by atoms with Gasteiger partial charge in [0.05, 0.1) is 0 Å². The Morgan fingerprint density at radius 2 is 2.00 bits per heavy atom. The molecule has 80 valence electrons. The van der Waals surface area contributed by atoms with E-state index in [2.05, 4.69) is 20.0 Å². The third-order valence-electron chi connectivity index (χ3n) is 4.41. The van der Waals surface area contributed by atoms with Crippen molar-refractivity contribution in [1.82, 2.24) is 0 Å². The Bertz CT molecular complexity index is 229. The summed E-state index contributed by atoms with van der Waals surface area (Å²) in [6.45, 7) is 5.57. The monoisotopic (exact) mass is 196 g/mol. The minimum absolute atomic E-state index is 0.